The lowest BCUT2D eigenvalue weighted by Crippen LogP contribution is -2.10. The monoisotopic (exact) mass is 261 g/mol. The average Bonchev–Trinajstić information content (AvgIpc) is 2.39. The topological polar surface area (TPSA) is 124 Å². The van der Waals surface area contributed by atoms with Crippen molar-refractivity contribution in [3.05, 3.63) is 56.9 Å². The molecule has 0 spiro atoms. The number of aromatic nitrogens is 2. The van der Waals surface area contributed by atoms with Crippen LogP contribution in [0.2, 0.25) is 0 Å². The first-order valence-electron chi connectivity index (χ1n) is 5.04. The van der Waals surface area contributed by atoms with Gasteiger partial charge < -0.3 is 0 Å². The number of non-ortho nitro benzene ring substituents is 1. The maximum absolute atomic E-state index is 10.5. The summed E-state index contributed by atoms with van der Waals surface area (Å²) in [7, 11) is 0. The molecule has 9 heteroatoms. The van der Waals surface area contributed by atoms with Gasteiger partial charge in [0.05, 0.1) is 4.92 Å². The molecule has 0 bridgehead atoms. The summed E-state index contributed by atoms with van der Waals surface area (Å²) in [6, 6.07) is 5.83. The Balaban J connectivity index is 2.22. The van der Waals surface area contributed by atoms with E-state index in [0.717, 1.165) is 0 Å². The molecule has 1 N–H and O–H groups in total. The molecule has 1 aromatic carbocycles. The number of hydrogen-bond acceptors (Lipinski definition) is 6. The van der Waals surface area contributed by atoms with Gasteiger partial charge in [0, 0.05) is 30.1 Å². The fourth-order valence-corrected chi connectivity index (χ4v) is 1.39. The second kappa shape index (κ2) is 5.04. The Morgan fingerprint density at radius 1 is 0.947 bits per heavy atom. The zero-order valence-electron chi connectivity index (χ0n) is 9.39. The maximum atomic E-state index is 10.5. The van der Waals surface area contributed by atoms with Crippen molar-refractivity contribution < 1.29 is 9.96 Å². The van der Waals surface area contributed by atoms with Gasteiger partial charge in [0.1, 0.15) is 0 Å². The fourth-order valence-electron chi connectivity index (χ4n) is 1.39. The van der Waals surface area contributed by atoms with E-state index in [1.807, 2.05) is 5.43 Å². The lowest BCUT2D eigenvalue weighted by molar-refractivity contribution is -0.446. The Kier molecular flexibility index (Phi) is 3.28. The van der Waals surface area contributed by atoms with Crippen LogP contribution in [-0.2, 0) is 0 Å². The highest BCUT2D eigenvalue weighted by atomic mass is 16.7. The zero-order chi connectivity index (χ0) is 13.8. The van der Waals surface area contributed by atoms with Crippen LogP contribution in [0.15, 0.2) is 36.7 Å². The van der Waals surface area contributed by atoms with Gasteiger partial charge in [-0.3, -0.25) is 10.1 Å². The smallest absolute Gasteiger partial charge is 0.258 e. The third-order valence-corrected chi connectivity index (χ3v) is 2.25. The quantitative estimate of drug-likeness (QED) is 0.655. The molecule has 0 atom stereocenters. The summed E-state index contributed by atoms with van der Waals surface area (Å²) in [5.41, 5.74) is 3.08. The molecule has 0 aliphatic carbocycles. The number of rotatable bonds is 4. The summed E-state index contributed by atoms with van der Waals surface area (Å²) < 4.78 is 0. The predicted molar refractivity (Wildman–Crippen MR) is 64.7 cm³/mol. The summed E-state index contributed by atoms with van der Waals surface area (Å²) in [6.45, 7) is 0. The van der Waals surface area contributed by atoms with E-state index < -0.39 is 9.96 Å². The maximum Gasteiger partial charge on any atom is 0.284 e. The first kappa shape index (κ1) is 12.4. The lowest BCUT2D eigenvalue weighted by atomic mass is 10.1. The second-order valence-electron chi connectivity index (χ2n) is 3.47. The van der Waals surface area contributed by atoms with Crippen LogP contribution in [0, 0.1) is 20.2 Å². The van der Waals surface area contributed by atoms with Crippen molar-refractivity contribution in [3.8, 4) is 11.1 Å². The summed E-state index contributed by atoms with van der Waals surface area (Å²) in [6.07, 6.45) is 2.78. The standard InChI is InChI=1S/C10H7N5O4/c16-14(17)9-3-1-7(2-4-9)8-5-11-10(12-6-8)13-15(18)19/h1-6H,(H,11,12,13). The van der Waals surface area contributed by atoms with Crippen molar-refractivity contribution >= 4 is 11.6 Å². The second-order valence-corrected chi connectivity index (χ2v) is 3.47. The third-order valence-electron chi connectivity index (χ3n) is 2.25. The van der Waals surface area contributed by atoms with Crippen LogP contribution in [0.1, 0.15) is 0 Å². The highest BCUT2D eigenvalue weighted by molar-refractivity contribution is 5.63. The average molecular weight is 261 g/mol. The van der Waals surface area contributed by atoms with Gasteiger partial charge in [0.25, 0.3) is 11.6 Å². The number of nitrogens with one attached hydrogen (secondary N) is 1. The molecule has 1 aromatic heterocycles. The van der Waals surface area contributed by atoms with Gasteiger partial charge in [-0.25, -0.2) is 20.1 Å². The van der Waals surface area contributed by atoms with Crippen LogP contribution >= 0.6 is 0 Å². The molecule has 0 amide bonds. The van der Waals surface area contributed by atoms with Gasteiger partial charge in [-0.1, -0.05) is 5.43 Å². The minimum Gasteiger partial charge on any atom is -0.258 e. The molecule has 2 rings (SSSR count). The van der Waals surface area contributed by atoms with Gasteiger partial charge in [-0.15, -0.1) is 0 Å². The first-order chi connectivity index (χ1) is 9.06. The molecule has 96 valence electrons. The van der Waals surface area contributed by atoms with Crippen LogP contribution in [0.3, 0.4) is 0 Å². The van der Waals surface area contributed by atoms with Gasteiger partial charge in [-0.05, 0) is 17.7 Å². The van der Waals surface area contributed by atoms with Gasteiger partial charge >= 0.3 is 0 Å². The predicted octanol–water partition coefficient (Wildman–Crippen LogP) is 1.66. The van der Waals surface area contributed by atoms with Crippen molar-refractivity contribution in [1.82, 2.24) is 9.97 Å². The molecule has 0 aliphatic rings. The van der Waals surface area contributed by atoms with E-state index in [0.29, 0.717) is 11.1 Å². The van der Waals surface area contributed by atoms with Crippen LogP contribution in [-0.4, -0.2) is 19.9 Å². The van der Waals surface area contributed by atoms with E-state index in [2.05, 4.69) is 9.97 Å². The van der Waals surface area contributed by atoms with Crippen molar-refractivity contribution in [2.75, 3.05) is 5.43 Å². The van der Waals surface area contributed by atoms with E-state index in [4.69, 9.17) is 0 Å². The van der Waals surface area contributed by atoms with Crippen molar-refractivity contribution in [3.63, 3.8) is 0 Å². The van der Waals surface area contributed by atoms with E-state index in [9.17, 15) is 20.2 Å². The third kappa shape index (κ3) is 2.97. The summed E-state index contributed by atoms with van der Waals surface area (Å²) in [5.74, 6) is -0.129. The van der Waals surface area contributed by atoms with E-state index in [-0.39, 0.29) is 11.6 Å². The number of hydrazine groups is 1. The molecule has 9 nitrogen and oxygen atoms in total. The number of nitro benzene ring substituents is 1. The molecule has 2 aromatic rings. The number of benzene rings is 1. The number of nitro groups is 2. The van der Waals surface area contributed by atoms with E-state index in [1.165, 1.54) is 24.5 Å². The molecule has 0 saturated heterocycles. The SMILES string of the molecule is O=[N+]([O-])Nc1ncc(-c2ccc([N+](=O)[O-])cc2)cn1. The van der Waals surface area contributed by atoms with Crippen LogP contribution in [0.5, 0.6) is 0 Å². The summed E-state index contributed by atoms with van der Waals surface area (Å²) >= 11 is 0. The Labute approximate surface area is 106 Å². The molecular weight excluding hydrogens is 254 g/mol. The normalized spacial score (nSPS) is 9.89. The van der Waals surface area contributed by atoms with Crippen LogP contribution in [0.4, 0.5) is 11.6 Å². The molecule has 0 fully saturated rings. The van der Waals surface area contributed by atoms with Crippen LogP contribution in [0.25, 0.3) is 11.1 Å². The highest BCUT2D eigenvalue weighted by Gasteiger charge is 2.07. The van der Waals surface area contributed by atoms with E-state index in [1.54, 1.807) is 12.1 Å². The van der Waals surface area contributed by atoms with Crippen molar-refractivity contribution in [2.45, 2.75) is 0 Å². The van der Waals surface area contributed by atoms with Gasteiger partial charge in [0.15, 0.2) is 5.03 Å². The lowest BCUT2D eigenvalue weighted by Gasteiger charge is -2.01. The summed E-state index contributed by atoms with van der Waals surface area (Å²) in [5, 5.41) is 19.9. The zero-order valence-corrected chi connectivity index (χ0v) is 9.39. The molecular formula is C10H7N5O4. The number of nitrogens with zero attached hydrogens (tertiary/aromatic N) is 4. The highest BCUT2D eigenvalue weighted by Crippen LogP contribution is 2.21. The Morgan fingerprint density at radius 2 is 1.53 bits per heavy atom. The first-order valence-corrected chi connectivity index (χ1v) is 5.04. The fraction of sp³-hybridized carbons (Fsp3) is 0. The van der Waals surface area contributed by atoms with Crippen LogP contribution < -0.4 is 5.43 Å². The molecule has 1 heterocycles. The Hall–Kier alpha value is -3.10. The van der Waals surface area contributed by atoms with Gasteiger partial charge in [0.2, 0.25) is 0 Å². The number of hydrogen-bond donors (Lipinski definition) is 1. The van der Waals surface area contributed by atoms with E-state index >= 15 is 0 Å². The molecule has 0 aliphatic heterocycles. The molecule has 0 radical (unpaired) electrons. The largest absolute Gasteiger partial charge is 0.284 e. The Morgan fingerprint density at radius 3 is 2.00 bits per heavy atom. The molecule has 0 saturated carbocycles. The molecule has 19 heavy (non-hydrogen) atoms. The minimum atomic E-state index is -0.763. The van der Waals surface area contributed by atoms with Crippen molar-refractivity contribution in [1.29, 1.82) is 0 Å². The van der Waals surface area contributed by atoms with Crippen molar-refractivity contribution in [2.24, 2.45) is 0 Å². The van der Waals surface area contributed by atoms with Gasteiger partial charge in [-0.2, -0.15) is 0 Å². The summed E-state index contributed by atoms with van der Waals surface area (Å²) in [4.78, 5) is 27.7. The number of anilines is 1. The molecule has 0 unspecified atom stereocenters. The Bertz CT molecular complexity index is 611. The minimum absolute atomic E-state index is 0.0173.